The number of nitrogens with zero attached hydrogens (tertiary/aromatic N) is 1. The Morgan fingerprint density at radius 1 is 1.38 bits per heavy atom. The van der Waals surface area contributed by atoms with E-state index in [1.54, 1.807) is 4.90 Å². The number of benzene rings is 1. The van der Waals surface area contributed by atoms with E-state index in [1.165, 1.54) is 6.92 Å². The van der Waals surface area contributed by atoms with Gasteiger partial charge in [-0.05, 0) is 18.4 Å². The largest absolute Gasteiger partial charge is 0.388 e. The third-order valence-electron chi connectivity index (χ3n) is 3.91. The Bertz CT molecular complexity index is 490. The molecule has 0 bridgehead atoms. The summed E-state index contributed by atoms with van der Waals surface area (Å²) in [5, 5.41) is 12.9. The van der Waals surface area contributed by atoms with E-state index in [0.29, 0.717) is 32.5 Å². The Kier molecular flexibility index (Phi) is 5.33. The van der Waals surface area contributed by atoms with Gasteiger partial charge in [-0.1, -0.05) is 30.3 Å². The highest BCUT2D eigenvalue weighted by atomic mass is 16.3. The molecule has 2 atom stereocenters. The van der Waals surface area contributed by atoms with Gasteiger partial charge in [-0.15, -0.1) is 0 Å². The zero-order valence-electron chi connectivity index (χ0n) is 12.3. The lowest BCUT2D eigenvalue weighted by Crippen LogP contribution is -2.34. The van der Waals surface area contributed by atoms with Crippen molar-refractivity contribution < 1.29 is 14.7 Å². The number of carbonyl (C=O) groups excluding carboxylic acids is 2. The topological polar surface area (TPSA) is 69.6 Å². The van der Waals surface area contributed by atoms with E-state index in [4.69, 9.17) is 0 Å². The zero-order chi connectivity index (χ0) is 15.2. The molecule has 1 aliphatic rings. The maximum atomic E-state index is 12.0. The van der Waals surface area contributed by atoms with E-state index >= 15 is 0 Å². The van der Waals surface area contributed by atoms with E-state index in [1.807, 2.05) is 30.3 Å². The number of amides is 2. The molecule has 0 spiro atoms. The fourth-order valence-corrected chi connectivity index (χ4v) is 2.58. The molecule has 1 fully saturated rings. The summed E-state index contributed by atoms with van der Waals surface area (Å²) in [7, 11) is 0. The Hall–Kier alpha value is -1.88. The van der Waals surface area contributed by atoms with Crippen LogP contribution in [-0.4, -0.2) is 41.5 Å². The smallest absolute Gasteiger partial charge is 0.224 e. The fraction of sp³-hybridized carbons (Fsp3) is 0.500. The molecule has 0 aliphatic carbocycles. The van der Waals surface area contributed by atoms with Crippen molar-refractivity contribution in [2.75, 3.05) is 19.6 Å². The molecule has 21 heavy (non-hydrogen) atoms. The van der Waals surface area contributed by atoms with E-state index < -0.39 is 6.10 Å². The van der Waals surface area contributed by atoms with Crippen molar-refractivity contribution in [1.29, 1.82) is 0 Å². The quantitative estimate of drug-likeness (QED) is 0.853. The number of rotatable bonds is 5. The molecule has 1 saturated heterocycles. The molecule has 1 aromatic rings. The first kappa shape index (κ1) is 15.5. The average molecular weight is 290 g/mol. The van der Waals surface area contributed by atoms with Crippen molar-refractivity contribution in [3.8, 4) is 0 Å². The molecule has 2 N–H and O–H groups in total. The highest BCUT2D eigenvalue weighted by molar-refractivity contribution is 5.81. The highest BCUT2D eigenvalue weighted by Gasteiger charge is 2.29. The van der Waals surface area contributed by atoms with Crippen LogP contribution in [0.1, 0.15) is 31.4 Å². The van der Waals surface area contributed by atoms with Gasteiger partial charge in [0.1, 0.15) is 0 Å². The van der Waals surface area contributed by atoms with Crippen LogP contribution in [0.2, 0.25) is 0 Å². The van der Waals surface area contributed by atoms with Gasteiger partial charge < -0.3 is 15.3 Å². The summed E-state index contributed by atoms with van der Waals surface area (Å²) in [5.41, 5.74) is 0.857. The number of nitrogens with one attached hydrogen (secondary N) is 1. The van der Waals surface area contributed by atoms with Crippen molar-refractivity contribution in [3.05, 3.63) is 35.9 Å². The molecule has 0 aromatic heterocycles. The summed E-state index contributed by atoms with van der Waals surface area (Å²) in [5.74, 6) is -0.133. The van der Waals surface area contributed by atoms with Crippen molar-refractivity contribution >= 4 is 11.8 Å². The maximum Gasteiger partial charge on any atom is 0.224 e. The van der Waals surface area contributed by atoms with E-state index in [2.05, 4.69) is 5.32 Å². The second-order valence-corrected chi connectivity index (χ2v) is 5.46. The number of hydrogen-bond acceptors (Lipinski definition) is 3. The van der Waals surface area contributed by atoms with Crippen LogP contribution in [0.15, 0.2) is 30.3 Å². The number of hydrogen-bond donors (Lipinski definition) is 2. The molecule has 1 aromatic carbocycles. The first-order valence-corrected chi connectivity index (χ1v) is 7.34. The van der Waals surface area contributed by atoms with Crippen molar-refractivity contribution in [3.63, 3.8) is 0 Å². The van der Waals surface area contributed by atoms with Crippen molar-refractivity contribution in [1.82, 2.24) is 10.2 Å². The Balaban J connectivity index is 1.71. The van der Waals surface area contributed by atoms with E-state index in [-0.39, 0.29) is 17.7 Å². The molecule has 5 nitrogen and oxygen atoms in total. The van der Waals surface area contributed by atoms with Gasteiger partial charge in [0.05, 0.1) is 12.0 Å². The lowest BCUT2D eigenvalue weighted by molar-refractivity contribution is -0.128. The second-order valence-electron chi connectivity index (χ2n) is 5.46. The van der Waals surface area contributed by atoms with Crippen LogP contribution >= 0.6 is 0 Å². The standard InChI is InChI=1S/C16H22N2O3/c1-12(19)18-10-8-14(11-18)16(21)17-9-7-15(20)13-5-3-2-4-6-13/h2-6,14-15,20H,7-11H2,1H3,(H,17,21). The van der Waals surface area contributed by atoms with Crippen LogP contribution in [0, 0.1) is 5.92 Å². The number of aliphatic hydroxyl groups excluding tert-OH is 1. The number of aliphatic hydroxyl groups is 1. The first-order valence-electron chi connectivity index (χ1n) is 7.34. The fourth-order valence-electron chi connectivity index (χ4n) is 2.58. The summed E-state index contributed by atoms with van der Waals surface area (Å²) < 4.78 is 0. The second kappa shape index (κ2) is 7.22. The minimum Gasteiger partial charge on any atom is -0.388 e. The molecule has 114 valence electrons. The Labute approximate surface area is 125 Å². The van der Waals surface area contributed by atoms with Gasteiger partial charge in [0.2, 0.25) is 11.8 Å². The van der Waals surface area contributed by atoms with Gasteiger partial charge in [0.25, 0.3) is 0 Å². The van der Waals surface area contributed by atoms with Gasteiger partial charge in [0.15, 0.2) is 0 Å². The lowest BCUT2D eigenvalue weighted by atomic mass is 10.1. The number of carbonyl (C=O) groups is 2. The number of likely N-dealkylation sites (tertiary alicyclic amines) is 1. The van der Waals surface area contributed by atoms with Crippen molar-refractivity contribution in [2.24, 2.45) is 5.92 Å². The molecular formula is C16H22N2O3. The summed E-state index contributed by atoms with van der Waals surface area (Å²) in [4.78, 5) is 24.9. The molecule has 2 amide bonds. The van der Waals surface area contributed by atoms with Gasteiger partial charge in [-0.2, -0.15) is 0 Å². The normalized spacial score (nSPS) is 19.3. The molecule has 2 unspecified atom stereocenters. The summed E-state index contributed by atoms with van der Waals surface area (Å²) >= 11 is 0. The Morgan fingerprint density at radius 2 is 2.10 bits per heavy atom. The molecule has 0 radical (unpaired) electrons. The van der Waals surface area contributed by atoms with Gasteiger partial charge in [-0.25, -0.2) is 0 Å². The third kappa shape index (κ3) is 4.29. The molecule has 2 rings (SSSR count). The van der Waals surface area contributed by atoms with E-state index in [0.717, 1.165) is 5.56 Å². The monoisotopic (exact) mass is 290 g/mol. The van der Waals surface area contributed by atoms with Crippen LogP contribution < -0.4 is 5.32 Å². The summed E-state index contributed by atoms with van der Waals surface area (Å²) in [6.45, 7) is 3.12. The van der Waals surface area contributed by atoms with Crippen LogP contribution in [0.3, 0.4) is 0 Å². The van der Waals surface area contributed by atoms with Crippen molar-refractivity contribution in [2.45, 2.75) is 25.9 Å². The van der Waals surface area contributed by atoms with Crippen LogP contribution in [0.5, 0.6) is 0 Å². The minimum atomic E-state index is -0.566. The maximum absolute atomic E-state index is 12.0. The average Bonchev–Trinajstić information content (AvgIpc) is 2.98. The Morgan fingerprint density at radius 3 is 2.71 bits per heavy atom. The van der Waals surface area contributed by atoms with Gasteiger partial charge in [-0.3, -0.25) is 9.59 Å². The molecule has 5 heteroatoms. The van der Waals surface area contributed by atoms with E-state index in [9.17, 15) is 14.7 Å². The summed E-state index contributed by atoms with van der Waals surface area (Å²) in [6.07, 6.45) is 0.634. The predicted molar refractivity (Wildman–Crippen MR) is 79.4 cm³/mol. The molecule has 1 heterocycles. The molecular weight excluding hydrogens is 268 g/mol. The lowest BCUT2D eigenvalue weighted by Gasteiger charge is -2.15. The molecule has 0 saturated carbocycles. The van der Waals surface area contributed by atoms with Gasteiger partial charge >= 0.3 is 0 Å². The molecule has 1 aliphatic heterocycles. The minimum absolute atomic E-state index is 0.0183. The van der Waals surface area contributed by atoms with Crippen LogP contribution in [-0.2, 0) is 9.59 Å². The van der Waals surface area contributed by atoms with Crippen LogP contribution in [0.4, 0.5) is 0 Å². The van der Waals surface area contributed by atoms with Crippen LogP contribution in [0.25, 0.3) is 0 Å². The summed E-state index contributed by atoms with van der Waals surface area (Å²) in [6, 6.07) is 9.40. The first-order chi connectivity index (χ1) is 10.1. The SMILES string of the molecule is CC(=O)N1CCC(C(=O)NCCC(O)c2ccccc2)C1. The highest BCUT2D eigenvalue weighted by Crippen LogP contribution is 2.17. The third-order valence-corrected chi connectivity index (χ3v) is 3.91. The predicted octanol–water partition coefficient (Wildman–Crippen LogP) is 1.09. The zero-order valence-corrected chi connectivity index (χ0v) is 12.3. The van der Waals surface area contributed by atoms with Gasteiger partial charge in [0, 0.05) is 26.6 Å².